The summed E-state index contributed by atoms with van der Waals surface area (Å²) in [4.78, 5) is 10.4. The topological polar surface area (TPSA) is 75.1 Å². The van der Waals surface area contributed by atoms with Gasteiger partial charge in [0, 0.05) is 6.54 Å². The van der Waals surface area contributed by atoms with E-state index in [1.165, 1.54) is 23.5 Å². The molecule has 8 heteroatoms. The maximum atomic E-state index is 12.7. The van der Waals surface area contributed by atoms with Crippen molar-refractivity contribution in [3.05, 3.63) is 35.6 Å². The molecule has 0 bridgehead atoms. The van der Waals surface area contributed by atoms with Crippen LogP contribution in [0, 0.1) is 5.82 Å². The molecule has 2 N–H and O–H groups in total. The fraction of sp³-hybridized carbons (Fsp3) is 0.250. The average Bonchev–Trinajstić information content (AvgIpc) is 2.87. The van der Waals surface area contributed by atoms with E-state index in [0.717, 1.165) is 23.7 Å². The lowest BCUT2D eigenvalue weighted by atomic mass is 10.1. The third-order valence-electron chi connectivity index (χ3n) is 2.33. The lowest BCUT2D eigenvalue weighted by Crippen LogP contribution is -2.04. The molecule has 0 aliphatic carbocycles. The second kappa shape index (κ2) is 7.20. The molecule has 0 saturated heterocycles. The van der Waals surface area contributed by atoms with Crippen molar-refractivity contribution in [2.75, 3.05) is 17.6 Å². The van der Waals surface area contributed by atoms with Gasteiger partial charge in [0.1, 0.15) is 5.82 Å². The van der Waals surface area contributed by atoms with Crippen molar-refractivity contribution in [1.82, 2.24) is 10.2 Å². The van der Waals surface area contributed by atoms with Crippen LogP contribution < -0.4 is 5.32 Å². The van der Waals surface area contributed by atoms with Gasteiger partial charge in [0.2, 0.25) is 5.13 Å². The predicted octanol–water partition coefficient (Wildman–Crippen LogP) is 2.51. The van der Waals surface area contributed by atoms with Crippen LogP contribution in [0.25, 0.3) is 0 Å². The van der Waals surface area contributed by atoms with Gasteiger partial charge in [-0.2, -0.15) is 0 Å². The number of aromatic nitrogens is 2. The quantitative estimate of drug-likeness (QED) is 0.765. The van der Waals surface area contributed by atoms with Crippen LogP contribution >= 0.6 is 23.1 Å². The Morgan fingerprint density at radius 3 is 2.80 bits per heavy atom. The highest BCUT2D eigenvalue weighted by Gasteiger charge is 2.06. The molecular formula is C12H12FN3O2S2. The van der Waals surface area contributed by atoms with Crippen molar-refractivity contribution in [3.63, 3.8) is 0 Å². The number of benzene rings is 1. The summed E-state index contributed by atoms with van der Waals surface area (Å²) in [6, 6.07) is 6.35. The molecule has 0 radical (unpaired) electrons. The van der Waals surface area contributed by atoms with E-state index in [1.807, 2.05) is 0 Å². The summed E-state index contributed by atoms with van der Waals surface area (Å²) in [6.07, 6.45) is 0.747. The van der Waals surface area contributed by atoms with Crippen molar-refractivity contribution in [2.24, 2.45) is 0 Å². The zero-order valence-electron chi connectivity index (χ0n) is 10.4. The number of halogens is 1. The Morgan fingerprint density at radius 2 is 2.10 bits per heavy atom. The van der Waals surface area contributed by atoms with E-state index in [1.54, 1.807) is 12.1 Å². The number of nitrogens with one attached hydrogen (secondary N) is 1. The molecule has 0 spiro atoms. The zero-order valence-corrected chi connectivity index (χ0v) is 12.0. The monoisotopic (exact) mass is 313 g/mol. The highest BCUT2D eigenvalue weighted by molar-refractivity contribution is 8.01. The number of anilines is 1. The molecule has 0 atom stereocenters. The predicted molar refractivity (Wildman–Crippen MR) is 76.9 cm³/mol. The smallest absolute Gasteiger partial charge is 0.313 e. The van der Waals surface area contributed by atoms with E-state index in [-0.39, 0.29) is 11.6 Å². The van der Waals surface area contributed by atoms with Crippen LogP contribution in [0.15, 0.2) is 28.6 Å². The number of hydrogen-bond acceptors (Lipinski definition) is 6. The van der Waals surface area contributed by atoms with Crippen LogP contribution in [0.3, 0.4) is 0 Å². The van der Waals surface area contributed by atoms with E-state index >= 15 is 0 Å². The molecule has 20 heavy (non-hydrogen) atoms. The van der Waals surface area contributed by atoms with Gasteiger partial charge in [-0.1, -0.05) is 35.2 Å². The normalized spacial score (nSPS) is 10.4. The standard InChI is InChI=1S/C12H12FN3O2S2/c13-9-3-1-8(2-4-9)5-6-14-11-15-16-12(20-11)19-7-10(17)18/h1-4H,5-7H2,(H,14,15)(H,17,18). The average molecular weight is 313 g/mol. The highest BCUT2D eigenvalue weighted by atomic mass is 32.2. The van der Waals surface area contributed by atoms with Gasteiger partial charge in [-0.3, -0.25) is 4.79 Å². The third-order valence-corrected chi connectivity index (χ3v) is 4.33. The molecule has 1 heterocycles. The Kier molecular flexibility index (Phi) is 5.31. The lowest BCUT2D eigenvalue weighted by Gasteiger charge is -2.02. The SMILES string of the molecule is O=C(O)CSc1nnc(NCCc2ccc(F)cc2)s1. The Morgan fingerprint density at radius 1 is 1.35 bits per heavy atom. The van der Waals surface area contributed by atoms with Crippen LogP contribution in [0.5, 0.6) is 0 Å². The van der Waals surface area contributed by atoms with Gasteiger partial charge < -0.3 is 10.4 Å². The van der Waals surface area contributed by atoms with E-state index in [0.29, 0.717) is 16.0 Å². The molecule has 1 aromatic carbocycles. The van der Waals surface area contributed by atoms with Gasteiger partial charge in [0.05, 0.1) is 5.75 Å². The molecule has 0 aliphatic heterocycles. The van der Waals surface area contributed by atoms with Crippen LogP contribution in [0.1, 0.15) is 5.56 Å². The van der Waals surface area contributed by atoms with Crippen LogP contribution in [-0.4, -0.2) is 33.6 Å². The molecule has 0 fully saturated rings. The van der Waals surface area contributed by atoms with Gasteiger partial charge in [-0.05, 0) is 24.1 Å². The molecular weight excluding hydrogens is 301 g/mol. The first-order chi connectivity index (χ1) is 9.63. The number of carboxylic acids is 1. The minimum atomic E-state index is -0.879. The minimum Gasteiger partial charge on any atom is -0.481 e. The second-order valence-corrected chi connectivity index (χ2v) is 6.06. The number of nitrogens with zero attached hydrogens (tertiary/aromatic N) is 2. The fourth-order valence-electron chi connectivity index (χ4n) is 1.43. The Bertz CT molecular complexity index is 574. The van der Waals surface area contributed by atoms with Crippen LogP contribution in [0.4, 0.5) is 9.52 Å². The van der Waals surface area contributed by atoms with Crippen molar-refractivity contribution < 1.29 is 14.3 Å². The van der Waals surface area contributed by atoms with Crippen molar-refractivity contribution in [2.45, 2.75) is 10.8 Å². The summed E-state index contributed by atoms with van der Waals surface area (Å²) in [6.45, 7) is 0.657. The maximum Gasteiger partial charge on any atom is 0.313 e. The maximum absolute atomic E-state index is 12.7. The van der Waals surface area contributed by atoms with Gasteiger partial charge >= 0.3 is 5.97 Å². The zero-order chi connectivity index (χ0) is 14.4. The van der Waals surface area contributed by atoms with Crippen molar-refractivity contribution >= 4 is 34.2 Å². The highest BCUT2D eigenvalue weighted by Crippen LogP contribution is 2.25. The lowest BCUT2D eigenvalue weighted by molar-refractivity contribution is -0.133. The molecule has 2 rings (SSSR count). The van der Waals surface area contributed by atoms with Gasteiger partial charge in [-0.25, -0.2) is 4.39 Å². The summed E-state index contributed by atoms with van der Waals surface area (Å²) in [5.41, 5.74) is 1.03. The molecule has 1 aromatic heterocycles. The number of thioether (sulfide) groups is 1. The Balaban J connectivity index is 1.76. The summed E-state index contributed by atoms with van der Waals surface area (Å²) < 4.78 is 13.4. The number of aliphatic carboxylic acids is 1. The summed E-state index contributed by atoms with van der Waals surface area (Å²) in [7, 11) is 0. The van der Waals surface area contributed by atoms with Crippen molar-refractivity contribution in [1.29, 1.82) is 0 Å². The van der Waals surface area contributed by atoms with E-state index < -0.39 is 5.97 Å². The third kappa shape index (κ3) is 4.78. The number of carbonyl (C=O) groups is 1. The second-order valence-electron chi connectivity index (χ2n) is 3.86. The number of hydrogen-bond donors (Lipinski definition) is 2. The summed E-state index contributed by atoms with van der Waals surface area (Å²) >= 11 is 2.46. The Labute approximate surface area is 123 Å². The number of carboxylic acid groups (broad SMARTS) is 1. The molecule has 0 saturated carbocycles. The van der Waals surface area contributed by atoms with E-state index in [4.69, 9.17) is 5.11 Å². The Hall–Kier alpha value is -1.67. The van der Waals surface area contributed by atoms with Gasteiger partial charge in [0.25, 0.3) is 0 Å². The molecule has 106 valence electrons. The molecule has 0 aliphatic rings. The fourth-order valence-corrected chi connectivity index (χ4v) is 2.93. The van der Waals surface area contributed by atoms with Gasteiger partial charge in [0.15, 0.2) is 4.34 Å². The van der Waals surface area contributed by atoms with E-state index in [2.05, 4.69) is 15.5 Å². The minimum absolute atomic E-state index is 0.0236. The summed E-state index contributed by atoms with van der Waals surface area (Å²) in [5, 5.41) is 20.1. The summed E-state index contributed by atoms with van der Waals surface area (Å²) in [5.74, 6) is -1.15. The molecule has 2 aromatic rings. The molecule has 0 unspecified atom stereocenters. The van der Waals surface area contributed by atoms with Crippen molar-refractivity contribution in [3.8, 4) is 0 Å². The van der Waals surface area contributed by atoms with E-state index in [9.17, 15) is 9.18 Å². The number of rotatable bonds is 7. The molecule has 0 amide bonds. The first-order valence-corrected chi connectivity index (χ1v) is 7.60. The van der Waals surface area contributed by atoms with Crippen LogP contribution in [0.2, 0.25) is 0 Å². The first-order valence-electron chi connectivity index (χ1n) is 5.80. The molecule has 5 nitrogen and oxygen atoms in total. The largest absolute Gasteiger partial charge is 0.481 e. The first kappa shape index (κ1) is 14.7. The van der Waals surface area contributed by atoms with Gasteiger partial charge in [-0.15, -0.1) is 10.2 Å². The van der Waals surface area contributed by atoms with Crippen LogP contribution in [-0.2, 0) is 11.2 Å².